The molecular formula is C23H21N3O5. The molecule has 0 N–H and O–H groups in total. The number of non-ortho nitro benzene ring substituents is 1. The lowest BCUT2D eigenvalue weighted by atomic mass is 9.88. The molecule has 0 unspecified atom stereocenters. The van der Waals surface area contributed by atoms with E-state index in [0.29, 0.717) is 48.8 Å². The fourth-order valence-corrected chi connectivity index (χ4v) is 4.41. The van der Waals surface area contributed by atoms with E-state index in [2.05, 4.69) is 9.88 Å². The molecule has 158 valence electrons. The summed E-state index contributed by atoms with van der Waals surface area (Å²) in [5.74, 6) is 1.36. The van der Waals surface area contributed by atoms with Gasteiger partial charge in [0.25, 0.3) is 5.69 Å². The van der Waals surface area contributed by atoms with Crippen LogP contribution in [0.2, 0.25) is 0 Å². The molecule has 0 bridgehead atoms. The molecule has 3 aromatic rings. The summed E-state index contributed by atoms with van der Waals surface area (Å²) in [7, 11) is 0. The van der Waals surface area contributed by atoms with Crippen molar-refractivity contribution in [2.75, 3.05) is 31.2 Å². The topological polar surface area (TPSA) is 94.8 Å². The lowest BCUT2D eigenvalue weighted by Crippen LogP contribution is -2.36. The number of hydrogen-bond donors (Lipinski definition) is 0. The number of rotatable bonds is 4. The Bertz CT molecular complexity index is 1170. The third-order valence-corrected chi connectivity index (χ3v) is 6.00. The van der Waals surface area contributed by atoms with E-state index in [-0.39, 0.29) is 22.3 Å². The Morgan fingerprint density at radius 3 is 2.58 bits per heavy atom. The fraction of sp³-hybridized carbons (Fsp3) is 0.304. The van der Waals surface area contributed by atoms with Crippen LogP contribution >= 0.6 is 0 Å². The van der Waals surface area contributed by atoms with Crippen molar-refractivity contribution >= 4 is 27.9 Å². The van der Waals surface area contributed by atoms with Crippen LogP contribution in [0.5, 0.6) is 11.5 Å². The van der Waals surface area contributed by atoms with Gasteiger partial charge in [0.2, 0.25) is 0 Å². The van der Waals surface area contributed by atoms with Crippen molar-refractivity contribution in [2.45, 2.75) is 12.8 Å². The number of benzene rings is 2. The summed E-state index contributed by atoms with van der Waals surface area (Å²) in [5, 5.41) is 12.7. The van der Waals surface area contributed by atoms with Gasteiger partial charge in [0, 0.05) is 54.1 Å². The number of hydrogen-bond acceptors (Lipinski definition) is 7. The van der Waals surface area contributed by atoms with Gasteiger partial charge in [0.05, 0.1) is 10.3 Å². The van der Waals surface area contributed by atoms with Gasteiger partial charge in [0.15, 0.2) is 17.3 Å². The number of carbonyl (C=O) groups is 1. The fourth-order valence-electron chi connectivity index (χ4n) is 4.41. The highest BCUT2D eigenvalue weighted by Gasteiger charge is 2.28. The van der Waals surface area contributed by atoms with Crippen LogP contribution in [0.4, 0.5) is 11.4 Å². The molecule has 1 saturated heterocycles. The summed E-state index contributed by atoms with van der Waals surface area (Å²) in [6.45, 7) is 2.42. The molecule has 0 radical (unpaired) electrons. The number of pyridine rings is 1. The number of nitro benzene ring substituents is 1. The van der Waals surface area contributed by atoms with E-state index >= 15 is 0 Å². The second-order valence-electron chi connectivity index (χ2n) is 7.77. The average molecular weight is 419 g/mol. The van der Waals surface area contributed by atoms with Gasteiger partial charge in [-0.15, -0.1) is 0 Å². The number of piperidine rings is 1. The first-order valence-corrected chi connectivity index (χ1v) is 10.3. The SMILES string of the molecule is O=C(c1ccc2c(c1)OCCO2)C1CCN(c2ccc([N+](=O)[O-])c3cnccc23)CC1. The van der Waals surface area contributed by atoms with E-state index < -0.39 is 0 Å². The molecular weight excluding hydrogens is 398 g/mol. The lowest BCUT2D eigenvalue weighted by molar-refractivity contribution is -0.383. The van der Waals surface area contributed by atoms with Crippen LogP contribution in [0.25, 0.3) is 10.8 Å². The second-order valence-corrected chi connectivity index (χ2v) is 7.77. The van der Waals surface area contributed by atoms with E-state index in [9.17, 15) is 14.9 Å². The van der Waals surface area contributed by atoms with Gasteiger partial charge < -0.3 is 14.4 Å². The Labute approximate surface area is 178 Å². The average Bonchev–Trinajstić information content (AvgIpc) is 2.82. The first kappa shape index (κ1) is 19.3. The monoisotopic (exact) mass is 419 g/mol. The van der Waals surface area contributed by atoms with Gasteiger partial charge in [0.1, 0.15) is 13.2 Å². The summed E-state index contributed by atoms with van der Waals surface area (Å²) >= 11 is 0. The number of nitrogens with zero attached hydrogens (tertiary/aromatic N) is 3. The molecule has 0 amide bonds. The molecule has 0 aliphatic carbocycles. The van der Waals surface area contributed by atoms with E-state index in [1.165, 1.54) is 12.3 Å². The zero-order valence-corrected chi connectivity index (χ0v) is 16.8. The van der Waals surface area contributed by atoms with Crippen molar-refractivity contribution in [3.8, 4) is 11.5 Å². The van der Waals surface area contributed by atoms with E-state index in [1.54, 1.807) is 30.5 Å². The summed E-state index contributed by atoms with van der Waals surface area (Å²) < 4.78 is 11.1. The zero-order valence-electron chi connectivity index (χ0n) is 16.8. The molecule has 1 aromatic heterocycles. The molecule has 5 rings (SSSR count). The van der Waals surface area contributed by atoms with Crippen molar-refractivity contribution < 1.29 is 19.2 Å². The Balaban J connectivity index is 1.33. The normalized spacial score (nSPS) is 16.3. The molecule has 8 heteroatoms. The van der Waals surface area contributed by atoms with Crippen molar-refractivity contribution in [1.82, 2.24) is 4.98 Å². The van der Waals surface area contributed by atoms with Crippen LogP contribution in [0, 0.1) is 16.0 Å². The van der Waals surface area contributed by atoms with Gasteiger partial charge >= 0.3 is 0 Å². The van der Waals surface area contributed by atoms with Crippen LogP contribution in [0.3, 0.4) is 0 Å². The molecule has 1 fully saturated rings. The minimum Gasteiger partial charge on any atom is -0.486 e. The number of carbonyl (C=O) groups excluding carboxylic acids is 1. The molecule has 8 nitrogen and oxygen atoms in total. The van der Waals surface area contributed by atoms with Gasteiger partial charge in [-0.2, -0.15) is 0 Å². The van der Waals surface area contributed by atoms with Crippen molar-refractivity contribution in [3.63, 3.8) is 0 Å². The van der Waals surface area contributed by atoms with Crippen molar-refractivity contribution in [1.29, 1.82) is 0 Å². The summed E-state index contributed by atoms with van der Waals surface area (Å²) in [6, 6.07) is 10.5. The molecule has 2 aromatic carbocycles. The number of Topliss-reactive ketones (excluding diaryl/α,β-unsaturated/α-hetero) is 1. The van der Waals surface area contributed by atoms with Crippen LogP contribution in [0.15, 0.2) is 48.8 Å². The van der Waals surface area contributed by atoms with E-state index in [1.807, 2.05) is 6.07 Å². The summed E-state index contributed by atoms with van der Waals surface area (Å²) in [6.07, 6.45) is 4.62. The number of fused-ring (bicyclic) bond motifs is 2. The van der Waals surface area contributed by atoms with Crippen LogP contribution in [-0.4, -0.2) is 42.0 Å². The third-order valence-electron chi connectivity index (χ3n) is 6.00. The molecule has 2 aliphatic rings. The van der Waals surface area contributed by atoms with Crippen molar-refractivity contribution in [2.24, 2.45) is 5.92 Å². The first-order valence-electron chi connectivity index (χ1n) is 10.3. The van der Waals surface area contributed by atoms with E-state index in [4.69, 9.17) is 9.47 Å². The number of ketones is 1. The first-order chi connectivity index (χ1) is 15.1. The van der Waals surface area contributed by atoms with Crippen LogP contribution < -0.4 is 14.4 Å². The van der Waals surface area contributed by atoms with Gasteiger partial charge in [-0.3, -0.25) is 19.9 Å². The Morgan fingerprint density at radius 2 is 1.81 bits per heavy atom. The minimum atomic E-state index is -0.383. The predicted molar refractivity (Wildman–Crippen MR) is 115 cm³/mol. The minimum absolute atomic E-state index is 0.0514. The highest BCUT2D eigenvalue weighted by atomic mass is 16.6. The molecule has 0 atom stereocenters. The zero-order chi connectivity index (χ0) is 21.4. The number of ether oxygens (including phenoxy) is 2. The van der Waals surface area contributed by atoms with Crippen LogP contribution in [-0.2, 0) is 0 Å². The van der Waals surface area contributed by atoms with Gasteiger partial charge in [-0.1, -0.05) is 0 Å². The Kier molecular flexibility index (Phi) is 4.89. The maximum Gasteiger partial charge on any atom is 0.278 e. The summed E-state index contributed by atoms with van der Waals surface area (Å²) in [5.41, 5.74) is 1.64. The maximum atomic E-state index is 13.1. The molecule has 0 saturated carbocycles. The lowest BCUT2D eigenvalue weighted by Gasteiger charge is -2.33. The molecule has 3 heterocycles. The van der Waals surface area contributed by atoms with E-state index in [0.717, 1.165) is 23.9 Å². The smallest absolute Gasteiger partial charge is 0.278 e. The number of anilines is 1. The highest BCUT2D eigenvalue weighted by Crippen LogP contribution is 2.36. The highest BCUT2D eigenvalue weighted by molar-refractivity contribution is 6.00. The maximum absolute atomic E-state index is 13.1. The van der Waals surface area contributed by atoms with Crippen LogP contribution in [0.1, 0.15) is 23.2 Å². The van der Waals surface area contributed by atoms with Crippen molar-refractivity contribution in [3.05, 3.63) is 64.5 Å². The van der Waals surface area contributed by atoms with Gasteiger partial charge in [-0.25, -0.2) is 0 Å². The Morgan fingerprint density at radius 1 is 1.03 bits per heavy atom. The number of aromatic nitrogens is 1. The predicted octanol–water partition coefficient (Wildman–Crippen LogP) is 4.01. The molecule has 2 aliphatic heterocycles. The third kappa shape index (κ3) is 3.54. The molecule has 31 heavy (non-hydrogen) atoms. The van der Waals surface area contributed by atoms with Gasteiger partial charge in [-0.05, 0) is 43.2 Å². The standard InChI is InChI=1S/C23H21N3O5/c27-23(16-1-4-21-22(13-16)31-12-11-30-21)15-6-9-25(10-7-15)19-2-3-20(26(28)29)18-14-24-8-5-17(18)19/h1-5,8,13-15H,6-7,9-12H2. The largest absolute Gasteiger partial charge is 0.486 e. The Hall–Kier alpha value is -3.68. The molecule has 0 spiro atoms. The second kappa shape index (κ2) is 7.86. The summed E-state index contributed by atoms with van der Waals surface area (Å²) in [4.78, 5) is 30.3. The number of nitro groups is 1. The quantitative estimate of drug-likeness (QED) is 0.358.